The zero-order chi connectivity index (χ0) is 32.8. The maximum absolute atomic E-state index is 15.1. The Labute approximate surface area is 263 Å². The summed E-state index contributed by atoms with van der Waals surface area (Å²) < 4.78 is 54.7. The van der Waals surface area contributed by atoms with Crippen molar-refractivity contribution in [1.82, 2.24) is 19.9 Å². The molecule has 8 rings (SSSR count). The number of benzene rings is 2. The highest BCUT2D eigenvalue weighted by atomic mass is 19.1. The van der Waals surface area contributed by atoms with E-state index in [1.807, 2.05) is 11.8 Å². The number of rotatable bonds is 5. The molecule has 1 saturated carbocycles. The fourth-order valence-electron chi connectivity index (χ4n) is 7.97. The molecule has 5 heterocycles. The molecular weight excluding hydrogens is 572 g/mol. The number of ether oxygens (including phenoxy) is 1. The van der Waals surface area contributed by atoms with E-state index in [0.29, 0.717) is 70.2 Å². The molecule has 1 aliphatic carbocycles. The fraction of sp³-hybridized carbons (Fsp3) is 0.417. The van der Waals surface area contributed by atoms with Gasteiger partial charge in [-0.05, 0) is 69.2 Å². The van der Waals surface area contributed by atoms with Gasteiger partial charge in [0, 0.05) is 41.7 Å². The Morgan fingerprint density at radius 1 is 1.24 bits per heavy atom. The quantitative estimate of drug-likeness (QED) is 0.205. The van der Waals surface area contributed by atoms with Crippen LogP contribution >= 0.6 is 0 Å². The number of phenols is 1. The van der Waals surface area contributed by atoms with Gasteiger partial charge in [0.25, 0.3) is 0 Å². The summed E-state index contributed by atoms with van der Waals surface area (Å²) in [7, 11) is 0. The zero-order valence-corrected chi connectivity index (χ0v) is 25.1. The van der Waals surface area contributed by atoms with Gasteiger partial charge >= 0.3 is 6.01 Å². The Morgan fingerprint density at radius 2 is 2.11 bits per heavy atom. The van der Waals surface area contributed by atoms with Crippen molar-refractivity contribution in [3.63, 3.8) is 0 Å². The zero-order valence-electron chi connectivity index (χ0n) is 27.1. The average molecular weight is 610 g/mol. The molecule has 9 heteroatoms. The van der Waals surface area contributed by atoms with Crippen molar-refractivity contribution in [2.24, 2.45) is 5.92 Å². The van der Waals surface area contributed by atoms with Gasteiger partial charge in [0.1, 0.15) is 30.1 Å². The Hall–Kier alpha value is -4.29. The molecule has 2 aromatic heterocycles. The van der Waals surface area contributed by atoms with Gasteiger partial charge < -0.3 is 14.7 Å². The highest BCUT2D eigenvalue weighted by molar-refractivity contribution is 6.04. The minimum atomic E-state index is -2.15. The number of nitrogens with zero attached hydrogens (tertiary/aromatic N) is 5. The Morgan fingerprint density at radius 3 is 2.96 bits per heavy atom. The van der Waals surface area contributed by atoms with E-state index in [9.17, 15) is 12.2 Å². The molecule has 230 valence electrons. The van der Waals surface area contributed by atoms with Crippen molar-refractivity contribution < 1.29 is 21.4 Å². The van der Waals surface area contributed by atoms with Gasteiger partial charge in [0.2, 0.25) is 0 Å². The van der Waals surface area contributed by atoms with Gasteiger partial charge in [0.15, 0.2) is 0 Å². The van der Waals surface area contributed by atoms with E-state index in [4.69, 9.17) is 26.1 Å². The van der Waals surface area contributed by atoms with E-state index >= 15 is 4.39 Å². The summed E-state index contributed by atoms with van der Waals surface area (Å²) in [6, 6.07) is 5.37. The summed E-state index contributed by atoms with van der Waals surface area (Å²) in [5.41, 5.74) is 1.98. The summed E-state index contributed by atoms with van der Waals surface area (Å²) in [6.07, 6.45) is 10.9. The topological polar surface area (TPSA) is 74.6 Å². The maximum atomic E-state index is 15.1. The summed E-state index contributed by atoms with van der Waals surface area (Å²) in [5.74, 6) is 2.21. The van der Waals surface area contributed by atoms with Crippen molar-refractivity contribution in [2.45, 2.75) is 63.2 Å². The first-order valence-electron chi connectivity index (χ1n) is 16.6. The normalized spacial score (nSPS) is 27.1. The minimum Gasteiger partial charge on any atom is -0.508 e. The van der Waals surface area contributed by atoms with Gasteiger partial charge in [-0.1, -0.05) is 30.6 Å². The second-order valence-corrected chi connectivity index (χ2v) is 13.0. The molecule has 4 aromatic rings. The van der Waals surface area contributed by atoms with Crippen LogP contribution < -0.4 is 9.64 Å². The lowest BCUT2D eigenvalue weighted by Gasteiger charge is -2.31. The van der Waals surface area contributed by atoms with Crippen LogP contribution in [0.3, 0.4) is 0 Å². The molecule has 3 saturated heterocycles. The van der Waals surface area contributed by atoms with Crippen molar-refractivity contribution >= 4 is 27.5 Å². The number of hydrogen-bond acceptors (Lipinski definition) is 7. The lowest BCUT2D eigenvalue weighted by atomic mass is 9.94. The smallest absolute Gasteiger partial charge is 0.319 e. The summed E-state index contributed by atoms with van der Waals surface area (Å²) in [5, 5.41) is 12.2. The molecule has 0 spiro atoms. The van der Waals surface area contributed by atoms with Gasteiger partial charge in [-0.3, -0.25) is 9.88 Å². The molecule has 0 amide bonds. The highest BCUT2D eigenvalue weighted by Crippen LogP contribution is 2.48. The number of anilines is 1. The lowest BCUT2D eigenvalue weighted by Crippen LogP contribution is -2.43. The average Bonchev–Trinajstić information content (AvgIpc) is 3.39. The predicted octanol–water partition coefficient (Wildman–Crippen LogP) is 6.48. The van der Waals surface area contributed by atoms with Crippen molar-refractivity contribution in [3.8, 4) is 35.4 Å². The van der Waals surface area contributed by atoms with Crippen LogP contribution in [0.25, 0.3) is 32.9 Å². The summed E-state index contributed by atoms with van der Waals surface area (Å²) in [6.45, 7) is 5.76. The fourth-order valence-corrected chi connectivity index (χ4v) is 7.97. The molecule has 45 heavy (non-hydrogen) atoms. The maximum Gasteiger partial charge on any atom is 0.319 e. The molecule has 0 bridgehead atoms. The second-order valence-electron chi connectivity index (χ2n) is 13.0. The van der Waals surface area contributed by atoms with E-state index in [-0.39, 0.29) is 29.3 Å². The summed E-state index contributed by atoms with van der Waals surface area (Å²) in [4.78, 5) is 18.5. The molecule has 3 aliphatic heterocycles. The standard InChI is InChI=1S/C36H35F2N5O2/c1-4-24-28(37)10-9-22-14-23(44)15-26(29(22)24)31-21(3)32-27(17-39-31)34(43-13-6-5-8-25-30(38)33(25)43)41-35(40-32)45-19-36-11-7-12-42(36)18-20(2)16-36/h1,9-10,14-15,17,25,30,33,44H,2,5-8,11-13,16,18-19H2,3H3/t25-,30-,33-,36-/m0/s1/i19D2. The van der Waals surface area contributed by atoms with E-state index in [2.05, 4.69) is 17.4 Å². The molecular formula is C36H35F2N5O2. The van der Waals surface area contributed by atoms with Gasteiger partial charge in [-0.25, -0.2) is 8.78 Å². The predicted molar refractivity (Wildman–Crippen MR) is 171 cm³/mol. The molecule has 0 radical (unpaired) electrons. The number of phenolic OH excluding ortho intramolecular Hbond substituents is 1. The second kappa shape index (κ2) is 10.4. The van der Waals surface area contributed by atoms with E-state index < -0.39 is 24.1 Å². The van der Waals surface area contributed by atoms with Gasteiger partial charge in [-0.15, -0.1) is 6.42 Å². The van der Waals surface area contributed by atoms with Crippen LogP contribution in [-0.2, 0) is 0 Å². The summed E-state index contributed by atoms with van der Waals surface area (Å²) >= 11 is 0. The van der Waals surface area contributed by atoms with Crippen LogP contribution in [0.15, 0.2) is 42.6 Å². The number of aromatic hydroxyl groups is 1. The third-order valence-electron chi connectivity index (χ3n) is 10.2. The van der Waals surface area contributed by atoms with Crippen LogP contribution in [0.2, 0.25) is 0 Å². The molecule has 7 nitrogen and oxygen atoms in total. The van der Waals surface area contributed by atoms with E-state index in [1.54, 1.807) is 12.3 Å². The molecule has 2 aromatic carbocycles. The first-order chi connectivity index (χ1) is 22.5. The SMILES string of the molecule is [2H]C([2H])(Oc1nc(N2CCCC[C@H]3[C@H](F)[C@H]32)c2cnc(-c3cc(O)cc4ccc(F)c(C#C)c34)c(C)c2n1)[C@@]12CCCN1CC(=C)C2. The van der Waals surface area contributed by atoms with Crippen molar-refractivity contribution in [3.05, 3.63) is 59.6 Å². The molecule has 1 N–H and O–H groups in total. The first kappa shape index (κ1) is 26.0. The number of fused-ring (bicyclic) bond motifs is 4. The van der Waals surface area contributed by atoms with Gasteiger partial charge in [0.05, 0.1) is 36.5 Å². The Bertz CT molecular complexity index is 2030. The van der Waals surface area contributed by atoms with E-state index in [0.717, 1.165) is 37.8 Å². The highest BCUT2D eigenvalue weighted by Gasteiger charge is 2.55. The molecule has 4 fully saturated rings. The van der Waals surface area contributed by atoms with E-state index in [1.165, 1.54) is 18.2 Å². The van der Waals surface area contributed by atoms with Crippen LogP contribution in [0.1, 0.15) is 52.4 Å². The number of aromatic nitrogens is 3. The number of alkyl halides is 1. The first-order valence-corrected chi connectivity index (χ1v) is 15.6. The molecule has 4 aliphatic rings. The number of halogens is 2. The third kappa shape index (κ3) is 4.45. The largest absolute Gasteiger partial charge is 0.508 e. The lowest BCUT2D eigenvalue weighted by molar-refractivity contribution is 0.108. The van der Waals surface area contributed by atoms with Crippen molar-refractivity contribution in [2.75, 3.05) is 31.1 Å². The van der Waals surface area contributed by atoms with Crippen LogP contribution in [0.5, 0.6) is 11.8 Å². The molecule has 0 unspecified atom stereocenters. The Kier molecular flexibility index (Phi) is 5.99. The number of terminal acetylenes is 1. The Balaban J connectivity index is 1.33. The molecule has 4 atom stereocenters. The van der Waals surface area contributed by atoms with Crippen LogP contribution in [0, 0.1) is 31.0 Å². The van der Waals surface area contributed by atoms with Crippen molar-refractivity contribution in [1.29, 1.82) is 0 Å². The number of pyridine rings is 1. The minimum absolute atomic E-state index is 0.0409. The van der Waals surface area contributed by atoms with Crippen LogP contribution in [-0.4, -0.2) is 68.9 Å². The van der Waals surface area contributed by atoms with Crippen LogP contribution in [0.4, 0.5) is 14.6 Å². The third-order valence-corrected chi connectivity index (χ3v) is 10.2. The number of aryl methyl sites for hydroxylation is 1. The monoisotopic (exact) mass is 609 g/mol. The number of hydrogen-bond donors (Lipinski definition) is 1. The van der Waals surface area contributed by atoms with Gasteiger partial charge in [-0.2, -0.15) is 9.97 Å².